The van der Waals surface area contributed by atoms with Crippen LogP contribution in [0.4, 0.5) is 10.1 Å². The smallest absolute Gasteiger partial charge is 0.268 e. The molecule has 2 aromatic carbocycles. The molecule has 0 bridgehead atoms. The van der Waals surface area contributed by atoms with Gasteiger partial charge in [-0.3, -0.25) is 9.59 Å². The molecule has 0 aliphatic rings. The van der Waals surface area contributed by atoms with Gasteiger partial charge in [0.25, 0.3) is 5.91 Å². The molecule has 0 saturated carbocycles. The average Bonchev–Trinajstić information content (AvgIpc) is 3.37. The molecule has 29 heavy (non-hydrogen) atoms. The van der Waals surface area contributed by atoms with Gasteiger partial charge in [0.05, 0.1) is 19.2 Å². The Morgan fingerprint density at radius 2 is 1.86 bits per heavy atom. The molecule has 6 nitrogen and oxygen atoms in total. The fraction of sp³-hybridized carbons (Fsp3) is 0.0909. The van der Waals surface area contributed by atoms with Crippen molar-refractivity contribution in [3.05, 3.63) is 89.8 Å². The number of fused-ring (bicyclic) bond motifs is 1. The van der Waals surface area contributed by atoms with E-state index in [2.05, 4.69) is 15.6 Å². The first kappa shape index (κ1) is 18.5. The van der Waals surface area contributed by atoms with E-state index in [1.54, 1.807) is 54.8 Å². The number of amides is 2. The molecular weight excluding hydrogens is 373 g/mol. The van der Waals surface area contributed by atoms with Crippen molar-refractivity contribution in [3.8, 4) is 0 Å². The van der Waals surface area contributed by atoms with Crippen LogP contribution in [0.15, 0.2) is 71.3 Å². The zero-order valence-electron chi connectivity index (χ0n) is 15.4. The Morgan fingerprint density at radius 1 is 1.03 bits per heavy atom. The van der Waals surface area contributed by atoms with Gasteiger partial charge >= 0.3 is 0 Å². The second-order valence-electron chi connectivity index (χ2n) is 6.60. The number of H-pyrrole nitrogens is 1. The summed E-state index contributed by atoms with van der Waals surface area (Å²) in [5, 5.41) is 6.40. The fourth-order valence-electron chi connectivity index (χ4n) is 3.00. The van der Waals surface area contributed by atoms with Gasteiger partial charge in [0.15, 0.2) is 0 Å². The van der Waals surface area contributed by atoms with Crippen molar-refractivity contribution in [1.82, 2.24) is 10.3 Å². The van der Waals surface area contributed by atoms with Crippen molar-refractivity contribution >= 4 is 28.4 Å². The summed E-state index contributed by atoms with van der Waals surface area (Å²) in [4.78, 5) is 27.6. The van der Waals surface area contributed by atoms with E-state index in [-0.39, 0.29) is 24.1 Å². The summed E-state index contributed by atoms with van der Waals surface area (Å²) in [6, 6.07) is 16.4. The lowest BCUT2D eigenvalue weighted by atomic mass is 10.1. The largest absolute Gasteiger partial charge is 0.467 e. The molecule has 0 atom stereocenters. The Morgan fingerprint density at radius 3 is 2.62 bits per heavy atom. The van der Waals surface area contributed by atoms with Crippen LogP contribution in [0.5, 0.6) is 0 Å². The molecule has 0 aliphatic carbocycles. The second kappa shape index (κ2) is 8.02. The number of benzene rings is 2. The van der Waals surface area contributed by atoms with Gasteiger partial charge in [-0.1, -0.05) is 12.1 Å². The van der Waals surface area contributed by atoms with Crippen molar-refractivity contribution in [3.63, 3.8) is 0 Å². The molecule has 146 valence electrons. The van der Waals surface area contributed by atoms with Gasteiger partial charge in [-0.25, -0.2) is 4.39 Å². The maximum Gasteiger partial charge on any atom is 0.268 e. The molecule has 4 aromatic rings. The van der Waals surface area contributed by atoms with Crippen LogP contribution >= 0.6 is 0 Å². The lowest BCUT2D eigenvalue weighted by Gasteiger charge is -2.05. The monoisotopic (exact) mass is 391 g/mol. The fourth-order valence-corrected chi connectivity index (χ4v) is 3.00. The zero-order chi connectivity index (χ0) is 20.2. The Balaban J connectivity index is 1.41. The van der Waals surface area contributed by atoms with E-state index in [1.807, 2.05) is 0 Å². The third-order valence-corrected chi connectivity index (χ3v) is 4.43. The van der Waals surface area contributed by atoms with Gasteiger partial charge in [-0.2, -0.15) is 0 Å². The lowest BCUT2D eigenvalue weighted by molar-refractivity contribution is -0.115. The summed E-state index contributed by atoms with van der Waals surface area (Å²) in [6.07, 6.45) is 1.70. The highest BCUT2D eigenvalue weighted by atomic mass is 19.1. The number of rotatable bonds is 6. The third kappa shape index (κ3) is 4.52. The molecule has 4 rings (SSSR count). The van der Waals surface area contributed by atoms with Crippen LogP contribution in [0.3, 0.4) is 0 Å². The molecule has 0 spiro atoms. The van der Waals surface area contributed by atoms with E-state index in [4.69, 9.17) is 4.42 Å². The normalized spacial score (nSPS) is 10.8. The Hall–Kier alpha value is -3.87. The van der Waals surface area contributed by atoms with Gasteiger partial charge in [0, 0.05) is 16.6 Å². The van der Waals surface area contributed by atoms with Gasteiger partial charge in [-0.05, 0) is 54.1 Å². The first-order valence-corrected chi connectivity index (χ1v) is 9.04. The van der Waals surface area contributed by atoms with Crippen LogP contribution in [0, 0.1) is 5.82 Å². The van der Waals surface area contributed by atoms with Crippen LogP contribution in [-0.2, 0) is 17.8 Å². The minimum absolute atomic E-state index is 0.145. The van der Waals surface area contributed by atoms with Crippen LogP contribution in [0.25, 0.3) is 10.9 Å². The molecule has 2 heterocycles. The lowest BCUT2D eigenvalue weighted by Crippen LogP contribution is -2.22. The van der Waals surface area contributed by atoms with E-state index < -0.39 is 0 Å². The number of hydrogen-bond acceptors (Lipinski definition) is 3. The number of hydrogen-bond donors (Lipinski definition) is 3. The number of nitrogens with one attached hydrogen (secondary N) is 3. The van der Waals surface area contributed by atoms with Crippen molar-refractivity contribution in [2.24, 2.45) is 0 Å². The molecular formula is C22H18FN3O3. The van der Waals surface area contributed by atoms with E-state index >= 15 is 0 Å². The number of aromatic amines is 1. The molecule has 2 aromatic heterocycles. The highest BCUT2D eigenvalue weighted by Gasteiger charge is 2.11. The standard InChI is InChI=1S/C22H18FN3O3/c23-16-5-3-14(4-6-16)10-21(27)25-17-7-8-19-15(11-17)12-20(26-19)22(28)24-13-18-2-1-9-29-18/h1-9,11-12,26H,10,13H2,(H,24,28)(H,25,27). The number of carbonyl (C=O) groups excluding carboxylic acids is 2. The van der Waals surface area contributed by atoms with E-state index in [0.717, 1.165) is 16.5 Å². The van der Waals surface area contributed by atoms with Crippen molar-refractivity contribution in [2.75, 3.05) is 5.32 Å². The summed E-state index contributed by atoms with van der Waals surface area (Å²) >= 11 is 0. The van der Waals surface area contributed by atoms with Gasteiger partial charge in [0.2, 0.25) is 5.91 Å². The van der Waals surface area contributed by atoms with E-state index in [9.17, 15) is 14.0 Å². The number of halogens is 1. The van der Waals surface area contributed by atoms with Gasteiger partial charge in [0.1, 0.15) is 17.3 Å². The minimum Gasteiger partial charge on any atom is -0.467 e. The first-order valence-electron chi connectivity index (χ1n) is 9.04. The quantitative estimate of drug-likeness (QED) is 0.464. The molecule has 0 unspecified atom stereocenters. The predicted molar refractivity (Wildman–Crippen MR) is 107 cm³/mol. The summed E-state index contributed by atoms with van der Waals surface area (Å²) in [6.45, 7) is 0.298. The van der Waals surface area contributed by atoms with Crippen molar-refractivity contribution in [1.29, 1.82) is 0 Å². The summed E-state index contributed by atoms with van der Waals surface area (Å²) in [5.74, 6) is -0.126. The Kier molecular flexibility index (Phi) is 5.11. The van der Waals surface area contributed by atoms with Crippen LogP contribution in [0.1, 0.15) is 21.8 Å². The topological polar surface area (TPSA) is 87.1 Å². The van der Waals surface area contributed by atoms with Crippen LogP contribution in [0.2, 0.25) is 0 Å². The summed E-state index contributed by atoms with van der Waals surface area (Å²) < 4.78 is 18.2. The number of anilines is 1. The molecule has 0 aliphatic heterocycles. The number of aromatic nitrogens is 1. The minimum atomic E-state index is -0.337. The van der Waals surface area contributed by atoms with Gasteiger partial charge in [-0.15, -0.1) is 0 Å². The maximum atomic E-state index is 13.0. The predicted octanol–water partition coefficient (Wildman–Crippen LogP) is 4.01. The van der Waals surface area contributed by atoms with Crippen molar-refractivity contribution < 1.29 is 18.4 Å². The van der Waals surface area contributed by atoms with Gasteiger partial charge < -0.3 is 20.0 Å². The SMILES string of the molecule is O=C(Cc1ccc(F)cc1)Nc1ccc2[nH]c(C(=O)NCc3ccco3)cc2c1. The summed E-state index contributed by atoms with van der Waals surface area (Å²) in [5.41, 5.74) is 2.54. The molecule has 3 N–H and O–H groups in total. The zero-order valence-corrected chi connectivity index (χ0v) is 15.4. The highest BCUT2D eigenvalue weighted by Crippen LogP contribution is 2.20. The Bertz CT molecular complexity index is 1150. The molecule has 0 fully saturated rings. The van der Waals surface area contributed by atoms with E-state index in [1.165, 1.54) is 12.1 Å². The highest BCUT2D eigenvalue weighted by molar-refractivity contribution is 6.00. The third-order valence-electron chi connectivity index (χ3n) is 4.43. The molecule has 2 amide bonds. The first-order chi connectivity index (χ1) is 14.1. The van der Waals surface area contributed by atoms with E-state index in [0.29, 0.717) is 23.7 Å². The molecule has 7 heteroatoms. The average molecular weight is 391 g/mol. The second-order valence-corrected chi connectivity index (χ2v) is 6.60. The number of carbonyl (C=O) groups is 2. The maximum absolute atomic E-state index is 13.0. The summed E-state index contributed by atoms with van der Waals surface area (Å²) in [7, 11) is 0. The molecule has 0 saturated heterocycles. The van der Waals surface area contributed by atoms with Crippen molar-refractivity contribution in [2.45, 2.75) is 13.0 Å². The Labute approximate surface area is 165 Å². The van der Waals surface area contributed by atoms with Crippen LogP contribution < -0.4 is 10.6 Å². The van der Waals surface area contributed by atoms with Crippen LogP contribution in [-0.4, -0.2) is 16.8 Å². The molecule has 0 radical (unpaired) electrons. The number of furan rings is 1.